The van der Waals surface area contributed by atoms with Crippen molar-refractivity contribution in [1.29, 1.82) is 0 Å². The van der Waals surface area contributed by atoms with Crippen LogP contribution < -0.4 is 5.32 Å². The van der Waals surface area contributed by atoms with E-state index in [0.29, 0.717) is 5.75 Å². The van der Waals surface area contributed by atoms with Crippen molar-refractivity contribution < 1.29 is 4.21 Å². The summed E-state index contributed by atoms with van der Waals surface area (Å²) in [5.74, 6) is 0.688. The van der Waals surface area contributed by atoms with Crippen LogP contribution in [0.25, 0.3) is 0 Å². The highest BCUT2D eigenvalue weighted by molar-refractivity contribution is 7.84. The first-order chi connectivity index (χ1) is 6.24. The largest absolute Gasteiger partial charge is 0.332 e. The molecule has 4 nitrogen and oxygen atoms in total. The van der Waals surface area contributed by atoms with Crippen molar-refractivity contribution in [2.75, 3.05) is 19.1 Å². The summed E-state index contributed by atoms with van der Waals surface area (Å²) >= 11 is 0. The highest BCUT2D eigenvalue weighted by atomic mass is 32.2. The van der Waals surface area contributed by atoms with Gasteiger partial charge in [0, 0.05) is 42.1 Å². The molecule has 13 heavy (non-hydrogen) atoms. The molecule has 0 fully saturated rings. The van der Waals surface area contributed by atoms with Crippen molar-refractivity contribution in [1.82, 2.24) is 14.9 Å². The molecule has 0 aromatic carbocycles. The van der Waals surface area contributed by atoms with Gasteiger partial charge in [-0.05, 0) is 7.05 Å². The Labute approximate surface area is 80.8 Å². The molecule has 0 aliphatic heterocycles. The Balaban J connectivity index is 2.54. The van der Waals surface area contributed by atoms with E-state index in [2.05, 4.69) is 10.3 Å². The van der Waals surface area contributed by atoms with Gasteiger partial charge in [0.2, 0.25) is 0 Å². The smallest absolute Gasteiger partial charge is 0.0948 e. The molecule has 1 unspecified atom stereocenters. The molecule has 74 valence electrons. The third-order valence-corrected chi connectivity index (χ3v) is 2.53. The quantitative estimate of drug-likeness (QED) is 0.728. The van der Waals surface area contributed by atoms with E-state index in [1.165, 1.54) is 0 Å². The van der Waals surface area contributed by atoms with Gasteiger partial charge in [-0.15, -0.1) is 0 Å². The average molecular weight is 201 g/mol. The number of nitrogens with zero attached hydrogens (tertiary/aromatic N) is 2. The van der Waals surface area contributed by atoms with Crippen LogP contribution in [0.1, 0.15) is 5.69 Å². The topological polar surface area (TPSA) is 46.9 Å². The van der Waals surface area contributed by atoms with Gasteiger partial charge in [-0.3, -0.25) is 4.21 Å². The fourth-order valence-electron chi connectivity index (χ4n) is 1.10. The zero-order valence-corrected chi connectivity index (χ0v) is 8.80. The molecule has 0 bridgehead atoms. The number of hydrogen-bond donors (Lipinski definition) is 1. The molecular weight excluding hydrogens is 186 g/mol. The Bertz CT molecular complexity index is 285. The van der Waals surface area contributed by atoms with Crippen molar-refractivity contribution in [3.8, 4) is 0 Å². The van der Waals surface area contributed by atoms with Crippen LogP contribution in [0.4, 0.5) is 0 Å². The number of aromatic nitrogens is 2. The first-order valence-electron chi connectivity index (χ1n) is 4.17. The first-order valence-corrected chi connectivity index (χ1v) is 5.90. The molecule has 1 heterocycles. The van der Waals surface area contributed by atoms with Gasteiger partial charge in [0.05, 0.1) is 12.0 Å². The van der Waals surface area contributed by atoms with Crippen LogP contribution in [0, 0.1) is 0 Å². The summed E-state index contributed by atoms with van der Waals surface area (Å²) in [7, 11) is 1.17. The number of nitrogens with one attached hydrogen (secondary N) is 1. The molecule has 0 spiro atoms. The van der Waals surface area contributed by atoms with Gasteiger partial charge in [0.25, 0.3) is 0 Å². The molecule has 1 N–H and O–H groups in total. The molecule has 0 aliphatic carbocycles. The zero-order valence-electron chi connectivity index (χ0n) is 7.99. The Morgan fingerprint density at radius 2 is 2.46 bits per heavy atom. The van der Waals surface area contributed by atoms with Crippen LogP contribution in [0.15, 0.2) is 12.5 Å². The van der Waals surface area contributed by atoms with Gasteiger partial charge in [-0.2, -0.15) is 0 Å². The summed E-state index contributed by atoms with van der Waals surface area (Å²) in [6.07, 6.45) is 5.32. The molecule has 1 aromatic rings. The second kappa shape index (κ2) is 5.14. The maximum Gasteiger partial charge on any atom is 0.0948 e. The van der Waals surface area contributed by atoms with Crippen LogP contribution in [-0.4, -0.2) is 32.8 Å². The van der Waals surface area contributed by atoms with E-state index in [1.807, 2.05) is 17.8 Å². The molecule has 1 rings (SSSR count). The van der Waals surface area contributed by atoms with Crippen LogP contribution in [0.2, 0.25) is 0 Å². The Hall–Kier alpha value is -0.680. The van der Waals surface area contributed by atoms with Gasteiger partial charge < -0.3 is 9.88 Å². The number of aryl methyl sites for hydroxylation is 1. The zero-order chi connectivity index (χ0) is 9.68. The van der Waals surface area contributed by atoms with Gasteiger partial charge in [0.15, 0.2) is 0 Å². The van der Waals surface area contributed by atoms with E-state index < -0.39 is 10.8 Å². The van der Waals surface area contributed by atoms with E-state index in [9.17, 15) is 4.21 Å². The third kappa shape index (κ3) is 3.28. The molecule has 5 heteroatoms. The summed E-state index contributed by atoms with van der Waals surface area (Å²) in [6.45, 7) is 1.58. The van der Waals surface area contributed by atoms with E-state index in [0.717, 1.165) is 18.8 Å². The molecule has 0 saturated heterocycles. The van der Waals surface area contributed by atoms with Crippen LogP contribution in [0.5, 0.6) is 0 Å². The minimum absolute atomic E-state index is 0.688. The SMILES string of the molecule is CNCc1cncn1CCS(C)=O. The molecule has 0 amide bonds. The van der Waals surface area contributed by atoms with Crippen molar-refractivity contribution in [2.24, 2.45) is 0 Å². The van der Waals surface area contributed by atoms with E-state index >= 15 is 0 Å². The van der Waals surface area contributed by atoms with Gasteiger partial charge in [-0.1, -0.05) is 0 Å². The number of imidazole rings is 1. The van der Waals surface area contributed by atoms with Crippen molar-refractivity contribution >= 4 is 10.8 Å². The Morgan fingerprint density at radius 1 is 1.69 bits per heavy atom. The van der Waals surface area contributed by atoms with Crippen LogP contribution in [-0.2, 0) is 23.9 Å². The average Bonchev–Trinajstić information content (AvgIpc) is 2.49. The monoisotopic (exact) mass is 201 g/mol. The second-order valence-corrected chi connectivity index (χ2v) is 4.44. The lowest BCUT2D eigenvalue weighted by atomic mass is 10.4. The summed E-state index contributed by atoms with van der Waals surface area (Å²) in [5, 5.41) is 3.06. The van der Waals surface area contributed by atoms with Crippen LogP contribution >= 0.6 is 0 Å². The fraction of sp³-hybridized carbons (Fsp3) is 0.625. The van der Waals surface area contributed by atoms with Gasteiger partial charge >= 0.3 is 0 Å². The molecule has 1 atom stereocenters. The molecular formula is C8H15N3OS. The lowest BCUT2D eigenvalue weighted by molar-refractivity contribution is 0.658. The summed E-state index contributed by atoms with van der Waals surface area (Å²) in [4.78, 5) is 4.04. The van der Waals surface area contributed by atoms with E-state index in [4.69, 9.17) is 0 Å². The van der Waals surface area contributed by atoms with Gasteiger partial charge in [-0.25, -0.2) is 4.98 Å². The van der Waals surface area contributed by atoms with Crippen molar-refractivity contribution in [3.63, 3.8) is 0 Å². The fourth-order valence-corrected chi connectivity index (χ4v) is 1.56. The van der Waals surface area contributed by atoms with Crippen molar-refractivity contribution in [3.05, 3.63) is 18.2 Å². The van der Waals surface area contributed by atoms with Crippen molar-refractivity contribution in [2.45, 2.75) is 13.1 Å². The summed E-state index contributed by atoms with van der Waals surface area (Å²) in [6, 6.07) is 0. The maximum atomic E-state index is 10.9. The molecule has 0 aliphatic rings. The van der Waals surface area contributed by atoms with E-state index in [1.54, 1.807) is 12.6 Å². The second-order valence-electron chi connectivity index (χ2n) is 2.89. The minimum Gasteiger partial charge on any atom is -0.332 e. The lowest BCUT2D eigenvalue weighted by Gasteiger charge is -2.05. The molecule has 0 radical (unpaired) electrons. The third-order valence-electron chi connectivity index (χ3n) is 1.78. The van der Waals surface area contributed by atoms with Crippen LogP contribution in [0.3, 0.4) is 0 Å². The predicted octanol–water partition coefficient (Wildman–Crippen LogP) is -0.0190. The molecule has 0 saturated carbocycles. The number of hydrogen-bond acceptors (Lipinski definition) is 3. The Kier molecular flexibility index (Phi) is 4.11. The Morgan fingerprint density at radius 3 is 3.08 bits per heavy atom. The highest BCUT2D eigenvalue weighted by Crippen LogP contribution is 1.98. The maximum absolute atomic E-state index is 10.9. The summed E-state index contributed by atoms with van der Waals surface area (Å²) in [5.41, 5.74) is 1.13. The highest BCUT2D eigenvalue weighted by Gasteiger charge is 2.00. The minimum atomic E-state index is -0.731. The lowest BCUT2D eigenvalue weighted by Crippen LogP contribution is -2.13. The molecule has 1 aromatic heterocycles. The predicted molar refractivity (Wildman–Crippen MR) is 53.9 cm³/mol. The standard InChI is InChI=1S/C8H15N3OS/c1-9-5-8-6-10-7-11(8)3-4-13(2)12/h6-7,9H,3-5H2,1-2H3. The first kappa shape index (κ1) is 10.4. The number of rotatable bonds is 5. The normalized spacial score (nSPS) is 13.1. The summed E-state index contributed by atoms with van der Waals surface area (Å²) < 4.78 is 12.9. The van der Waals surface area contributed by atoms with Gasteiger partial charge in [0.1, 0.15) is 0 Å². The van der Waals surface area contributed by atoms with E-state index in [-0.39, 0.29) is 0 Å².